The first-order valence-corrected chi connectivity index (χ1v) is 9.75. The highest BCUT2D eigenvalue weighted by molar-refractivity contribution is 7.92. The summed E-state index contributed by atoms with van der Waals surface area (Å²) < 4.78 is 30.0. The Kier molecular flexibility index (Phi) is 4.19. The molecule has 0 radical (unpaired) electrons. The molecule has 0 bridgehead atoms. The molecule has 2 aromatic carbocycles. The van der Waals surface area contributed by atoms with E-state index in [4.69, 9.17) is 11.6 Å². The lowest BCUT2D eigenvalue weighted by atomic mass is 10.1. The zero-order chi connectivity index (χ0) is 17.6. The predicted molar refractivity (Wildman–Crippen MR) is 98.8 cm³/mol. The van der Waals surface area contributed by atoms with Crippen LogP contribution in [0.4, 0.5) is 5.69 Å². The van der Waals surface area contributed by atoms with E-state index in [0.717, 1.165) is 22.5 Å². The van der Waals surface area contributed by atoms with E-state index in [1.165, 1.54) is 16.7 Å². The second-order valence-electron chi connectivity index (χ2n) is 5.66. The van der Waals surface area contributed by atoms with E-state index in [9.17, 15) is 13.2 Å². The number of rotatable bonds is 3. The minimum absolute atomic E-state index is 0.0438. The third-order valence-electron chi connectivity index (χ3n) is 3.61. The minimum atomic E-state index is -3.86. The summed E-state index contributed by atoms with van der Waals surface area (Å²) in [5.74, 6) is 0. The number of hydrogen-bond donors (Lipinski definition) is 1. The topological polar surface area (TPSA) is 68.2 Å². The van der Waals surface area contributed by atoms with Crippen molar-refractivity contribution >= 4 is 48.9 Å². The molecule has 24 heavy (non-hydrogen) atoms. The van der Waals surface area contributed by atoms with Crippen LogP contribution in [0, 0.1) is 13.8 Å². The second-order valence-corrected chi connectivity index (χ2v) is 8.71. The fraction of sp³-hybridized carbons (Fsp3) is 0.188. The Morgan fingerprint density at radius 1 is 1.08 bits per heavy atom. The van der Waals surface area contributed by atoms with Gasteiger partial charge in [0.25, 0.3) is 10.0 Å². The summed E-state index contributed by atoms with van der Waals surface area (Å²) in [6, 6.07) is 8.40. The van der Waals surface area contributed by atoms with Gasteiger partial charge in [-0.05, 0) is 49.2 Å². The Hall–Kier alpha value is -1.83. The van der Waals surface area contributed by atoms with E-state index in [0.29, 0.717) is 15.9 Å². The lowest BCUT2D eigenvalue weighted by Crippen LogP contribution is -2.14. The van der Waals surface area contributed by atoms with Gasteiger partial charge in [0.05, 0.1) is 15.2 Å². The molecule has 1 heterocycles. The molecule has 0 aliphatic rings. The molecule has 3 aromatic rings. The Morgan fingerprint density at radius 2 is 1.71 bits per heavy atom. The molecule has 0 aliphatic carbocycles. The molecule has 0 fully saturated rings. The van der Waals surface area contributed by atoms with Gasteiger partial charge in [-0.25, -0.2) is 8.42 Å². The average Bonchev–Trinajstić information content (AvgIpc) is 2.71. The quantitative estimate of drug-likeness (QED) is 0.751. The molecule has 5 nitrogen and oxygen atoms in total. The number of anilines is 1. The molecule has 1 N–H and O–H groups in total. The monoisotopic (exact) mass is 382 g/mol. The lowest BCUT2D eigenvalue weighted by molar-refractivity contribution is 0.601. The van der Waals surface area contributed by atoms with Crippen molar-refractivity contribution in [3.8, 4) is 0 Å². The maximum Gasteiger partial charge on any atom is 0.307 e. The van der Waals surface area contributed by atoms with Crippen LogP contribution in [0.15, 0.2) is 40.0 Å². The fourth-order valence-corrected chi connectivity index (χ4v) is 5.14. The van der Waals surface area contributed by atoms with Gasteiger partial charge in [0, 0.05) is 12.7 Å². The van der Waals surface area contributed by atoms with Gasteiger partial charge < -0.3 is 4.57 Å². The molecule has 0 saturated heterocycles. The molecule has 0 unspecified atom stereocenters. The number of nitrogens with one attached hydrogen (secondary N) is 1. The smallest absolute Gasteiger partial charge is 0.302 e. The van der Waals surface area contributed by atoms with Gasteiger partial charge in [-0.1, -0.05) is 29.0 Å². The third kappa shape index (κ3) is 3.07. The van der Waals surface area contributed by atoms with Crippen molar-refractivity contribution < 1.29 is 8.42 Å². The van der Waals surface area contributed by atoms with Crippen molar-refractivity contribution in [1.82, 2.24) is 4.57 Å². The molecule has 8 heteroatoms. The van der Waals surface area contributed by atoms with E-state index < -0.39 is 10.0 Å². The van der Waals surface area contributed by atoms with Crippen LogP contribution in [-0.2, 0) is 17.1 Å². The van der Waals surface area contributed by atoms with E-state index in [1.807, 2.05) is 19.9 Å². The fourth-order valence-electron chi connectivity index (χ4n) is 2.58. The summed E-state index contributed by atoms with van der Waals surface area (Å²) >= 11 is 7.15. The van der Waals surface area contributed by atoms with Gasteiger partial charge in [-0.15, -0.1) is 0 Å². The molecule has 126 valence electrons. The van der Waals surface area contributed by atoms with Crippen LogP contribution in [0.5, 0.6) is 0 Å². The van der Waals surface area contributed by atoms with Gasteiger partial charge >= 0.3 is 4.87 Å². The summed E-state index contributed by atoms with van der Waals surface area (Å²) in [5.41, 5.74) is 3.00. The zero-order valence-electron chi connectivity index (χ0n) is 13.3. The third-order valence-corrected chi connectivity index (χ3v) is 6.45. The van der Waals surface area contributed by atoms with Crippen molar-refractivity contribution in [3.05, 3.63) is 56.1 Å². The Bertz CT molecular complexity index is 1090. The van der Waals surface area contributed by atoms with Crippen LogP contribution in [0.1, 0.15) is 11.1 Å². The van der Waals surface area contributed by atoms with E-state index >= 15 is 0 Å². The minimum Gasteiger partial charge on any atom is -0.302 e. The van der Waals surface area contributed by atoms with Crippen molar-refractivity contribution in [2.75, 3.05) is 4.72 Å². The predicted octanol–water partition coefficient (Wildman–Crippen LogP) is 3.67. The largest absolute Gasteiger partial charge is 0.307 e. The number of aromatic nitrogens is 1. The Balaban J connectivity index is 2.11. The number of thiazole rings is 1. The number of nitrogens with zero attached hydrogens (tertiary/aromatic N) is 1. The lowest BCUT2D eigenvalue weighted by Gasteiger charge is -2.11. The number of hydrogen-bond acceptors (Lipinski definition) is 4. The van der Waals surface area contributed by atoms with E-state index in [1.54, 1.807) is 19.2 Å². The number of sulfonamides is 1. The van der Waals surface area contributed by atoms with Crippen LogP contribution in [0.2, 0.25) is 5.02 Å². The normalized spacial score (nSPS) is 11.8. The second kappa shape index (κ2) is 5.91. The molecular formula is C16H15ClN2O3S2. The first-order valence-electron chi connectivity index (χ1n) is 7.07. The Labute approximate surface area is 148 Å². The van der Waals surface area contributed by atoms with Crippen LogP contribution >= 0.6 is 22.9 Å². The van der Waals surface area contributed by atoms with Crippen molar-refractivity contribution in [1.29, 1.82) is 0 Å². The highest BCUT2D eigenvalue weighted by atomic mass is 35.5. The summed E-state index contributed by atoms with van der Waals surface area (Å²) in [7, 11) is -2.23. The standard InChI is InChI=1S/C16H15ClN2O3S2/c1-9-4-10(2)6-11(5-9)18-24(21,22)15-8-14-13(7-12(15)17)19(3)16(20)23-14/h4-8,18H,1-3H3. The molecule has 3 rings (SSSR count). The van der Waals surface area contributed by atoms with Gasteiger partial charge in [-0.3, -0.25) is 9.52 Å². The molecule has 0 atom stereocenters. The first kappa shape index (κ1) is 17.0. The van der Waals surface area contributed by atoms with Crippen LogP contribution in [0.25, 0.3) is 10.2 Å². The summed E-state index contributed by atoms with van der Waals surface area (Å²) in [5, 5.41) is 0.0766. The van der Waals surface area contributed by atoms with Crippen molar-refractivity contribution in [2.45, 2.75) is 18.7 Å². The van der Waals surface area contributed by atoms with Gasteiger partial charge in [0.2, 0.25) is 0 Å². The average molecular weight is 383 g/mol. The Morgan fingerprint density at radius 3 is 2.33 bits per heavy atom. The zero-order valence-corrected chi connectivity index (χ0v) is 15.6. The number of halogens is 1. The molecule has 0 aliphatic heterocycles. The SMILES string of the molecule is Cc1cc(C)cc(NS(=O)(=O)c2cc3sc(=O)n(C)c3cc2Cl)c1. The first-order chi connectivity index (χ1) is 11.2. The molecule has 0 saturated carbocycles. The maximum atomic E-state index is 12.7. The van der Waals surface area contributed by atoms with Gasteiger partial charge in [0.15, 0.2) is 0 Å². The van der Waals surface area contributed by atoms with Crippen LogP contribution in [0.3, 0.4) is 0 Å². The van der Waals surface area contributed by atoms with E-state index in [2.05, 4.69) is 4.72 Å². The van der Waals surface area contributed by atoms with Gasteiger partial charge in [-0.2, -0.15) is 0 Å². The van der Waals surface area contributed by atoms with E-state index in [-0.39, 0.29) is 14.8 Å². The number of aryl methyl sites for hydroxylation is 3. The van der Waals surface area contributed by atoms with Crippen molar-refractivity contribution in [2.24, 2.45) is 7.05 Å². The highest BCUT2D eigenvalue weighted by Gasteiger charge is 2.21. The van der Waals surface area contributed by atoms with Crippen LogP contribution in [-0.4, -0.2) is 13.0 Å². The molecule has 1 aromatic heterocycles. The number of benzene rings is 2. The summed E-state index contributed by atoms with van der Waals surface area (Å²) in [4.78, 5) is 11.5. The summed E-state index contributed by atoms with van der Waals surface area (Å²) in [6.45, 7) is 3.79. The van der Waals surface area contributed by atoms with Gasteiger partial charge in [0.1, 0.15) is 4.90 Å². The summed E-state index contributed by atoms with van der Waals surface area (Å²) in [6.07, 6.45) is 0. The number of fused-ring (bicyclic) bond motifs is 1. The van der Waals surface area contributed by atoms with Crippen molar-refractivity contribution in [3.63, 3.8) is 0 Å². The molecule has 0 spiro atoms. The van der Waals surface area contributed by atoms with Crippen LogP contribution < -0.4 is 9.60 Å². The molecule has 0 amide bonds. The maximum absolute atomic E-state index is 12.7. The highest BCUT2D eigenvalue weighted by Crippen LogP contribution is 2.30. The molecular weight excluding hydrogens is 368 g/mol.